The Morgan fingerprint density at radius 2 is 1.47 bits per heavy atom. The lowest BCUT2D eigenvalue weighted by Gasteiger charge is -2.17. The monoisotopic (exact) mass is 422 g/mol. The molecule has 0 unspecified atom stereocenters. The fourth-order valence-corrected chi connectivity index (χ4v) is 4.62. The summed E-state index contributed by atoms with van der Waals surface area (Å²) in [5.41, 5.74) is 5.34. The van der Waals surface area contributed by atoms with Crippen molar-refractivity contribution in [2.45, 2.75) is 32.2 Å². The van der Waals surface area contributed by atoms with Crippen molar-refractivity contribution in [3.05, 3.63) is 94.5 Å². The van der Waals surface area contributed by atoms with E-state index in [1.807, 2.05) is 32.9 Å². The van der Waals surface area contributed by atoms with Crippen molar-refractivity contribution >= 4 is 21.6 Å². The number of benzene rings is 3. The normalized spacial score (nSPS) is 11.5. The van der Waals surface area contributed by atoms with Gasteiger partial charge in [0, 0.05) is 24.8 Å². The molecule has 3 aromatic rings. The van der Waals surface area contributed by atoms with Crippen LogP contribution in [0.4, 0.5) is 5.69 Å². The number of rotatable bonds is 6. The zero-order valence-electron chi connectivity index (χ0n) is 17.6. The molecule has 0 heterocycles. The molecule has 1 N–H and O–H groups in total. The van der Waals surface area contributed by atoms with E-state index >= 15 is 0 Å². The lowest BCUT2D eigenvalue weighted by atomic mass is 10.0. The maximum atomic E-state index is 12.7. The molecule has 0 aliphatic heterocycles. The number of sulfonamides is 1. The number of hydrogen-bond acceptors (Lipinski definition) is 3. The van der Waals surface area contributed by atoms with E-state index in [1.54, 1.807) is 61.6 Å². The fraction of sp³-hybridized carbons (Fsp3) is 0.208. The third-order valence-electron chi connectivity index (χ3n) is 4.99. The molecule has 0 saturated heterocycles. The van der Waals surface area contributed by atoms with Crippen molar-refractivity contribution in [3.8, 4) is 0 Å². The van der Waals surface area contributed by atoms with Crippen LogP contribution in [-0.4, -0.2) is 25.7 Å². The molecule has 0 bridgehead atoms. The van der Waals surface area contributed by atoms with Crippen molar-refractivity contribution in [1.82, 2.24) is 4.31 Å². The molecule has 5 nitrogen and oxygen atoms in total. The zero-order valence-corrected chi connectivity index (χ0v) is 18.5. The van der Waals surface area contributed by atoms with Crippen LogP contribution < -0.4 is 5.32 Å². The molecule has 1 amide bonds. The van der Waals surface area contributed by atoms with Crippen LogP contribution in [0.5, 0.6) is 0 Å². The number of hydrogen-bond donors (Lipinski definition) is 1. The van der Waals surface area contributed by atoms with Crippen LogP contribution >= 0.6 is 0 Å². The Labute approximate surface area is 178 Å². The molecule has 6 heteroatoms. The van der Waals surface area contributed by atoms with Crippen LogP contribution in [0.1, 0.15) is 32.6 Å². The van der Waals surface area contributed by atoms with Gasteiger partial charge >= 0.3 is 0 Å². The first-order chi connectivity index (χ1) is 14.2. The van der Waals surface area contributed by atoms with Gasteiger partial charge in [0.2, 0.25) is 10.0 Å². The van der Waals surface area contributed by atoms with E-state index in [4.69, 9.17) is 0 Å². The number of anilines is 1. The summed E-state index contributed by atoms with van der Waals surface area (Å²) >= 11 is 0. The van der Waals surface area contributed by atoms with Gasteiger partial charge in [0.05, 0.1) is 4.90 Å². The first-order valence-corrected chi connectivity index (χ1v) is 11.1. The molecule has 3 rings (SSSR count). The van der Waals surface area contributed by atoms with Crippen molar-refractivity contribution in [3.63, 3.8) is 0 Å². The van der Waals surface area contributed by atoms with Crippen LogP contribution in [0.25, 0.3) is 0 Å². The van der Waals surface area contributed by atoms with Gasteiger partial charge in [0.15, 0.2) is 0 Å². The zero-order chi connectivity index (χ0) is 21.9. The van der Waals surface area contributed by atoms with E-state index in [0.717, 1.165) is 27.9 Å². The second kappa shape index (κ2) is 8.81. The van der Waals surface area contributed by atoms with Crippen LogP contribution in [0.3, 0.4) is 0 Å². The summed E-state index contributed by atoms with van der Waals surface area (Å²) in [5, 5.41) is 2.98. The predicted molar refractivity (Wildman–Crippen MR) is 120 cm³/mol. The fourth-order valence-electron chi connectivity index (χ4n) is 3.44. The number of carbonyl (C=O) groups is 1. The molecular formula is C24H26N2O3S. The lowest BCUT2D eigenvalue weighted by molar-refractivity contribution is 0.102. The van der Waals surface area contributed by atoms with Gasteiger partial charge in [-0.05, 0) is 61.7 Å². The summed E-state index contributed by atoms with van der Waals surface area (Å²) in [4.78, 5) is 12.9. The first kappa shape index (κ1) is 21.7. The average Bonchev–Trinajstić information content (AvgIpc) is 2.71. The minimum atomic E-state index is -3.56. The van der Waals surface area contributed by atoms with Crippen LogP contribution in [0.2, 0.25) is 0 Å². The third kappa shape index (κ3) is 4.78. The van der Waals surface area contributed by atoms with Gasteiger partial charge in [0.1, 0.15) is 0 Å². The van der Waals surface area contributed by atoms with Gasteiger partial charge in [-0.2, -0.15) is 4.31 Å². The summed E-state index contributed by atoms with van der Waals surface area (Å²) in [6.45, 7) is 6.19. The maximum absolute atomic E-state index is 12.7. The summed E-state index contributed by atoms with van der Waals surface area (Å²) in [6.07, 6.45) is 0. The SMILES string of the molecule is Cc1cc(C)c(NC(=O)c2ccc(CN(C)S(=O)(=O)c3ccccc3)cc2)c(C)c1. The standard InChI is InChI=1S/C24H26N2O3S/c1-17-14-18(2)23(19(3)15-17)25-24(27)21-12-10-20(11-13-21)16-26(4)30(28,29)22-8-6-5-7-9-22/h5-15H,16H2,1-4H3,(H,25,27). The summed E-state index contributed by atoms with van der Waals surface area (Å²) < 4.78 is 26.6. The van der Waals surface area contributed by atoms with Gasteiger partial charge in [0.25, 0.3) is 5.91 Å². The smallest absolute Gasteiger partial charge is 0.255 e. The van der Waals surface area contributed by atoms with Crippen LogP contribution in [-0.2, 0) is 16.6 Å². The number of carbonyl (C=O) groups excluding carboxylic acids is 1. The molecule has 0 atom stereocenters. The van der Waals surface area contributed by atoms with E-state index in [1.165, 1.54) is 4.31 Å². The van der Waals surface area contributed by atoms with E-state index < -0.39 is 10.0 Å². The molecule has 0 fully saturated rings. The average molecular weight is 423 g/mol. The Morgan fingerprint density at radius 3 is 2.03 bits per heavy atom. The van der Waals surface area contributed by atoms with Gasteiger partial charge in [-0.15, -0.1) is 0 Å². The quantitative estimate of drug-likeness (QED) is 0.627. The summed E-state index contributed by atoms with van der Waals surface area (Å²) in [5.74, 6) is -0.193. The number of nitrogens with zero attached hydrogens (tertiary/aromatic N) is 1. The first-order valence-electron chi connectivity index (χ1n) is 9.68. The summed E-state index contributed by atoms with van der Waals surface area (Å²) in [7, 11) is -2.02. The maximum Gasteiger partial charge on any atom is 0.255 e. The largest absolute Gasteiger partial charge is 0.322 e. The molecule has 0 spiro atoms. The molecule has 30 heavy (non-hydrogen) atoms. The molecule has 156 valence electrons. The van der Waals surface area contributed by atoms with E-state index in [0.29, 0.717) is 5.56 Å². The minimum absolute atomic E-state index is 0.193. The Balaban J connectivity index is 1.71. The van der Waals surface area contributed by atoms with Crippen LogP contribution in [0, 0.1) is 20.8 Å². The topological polar surface area (TPSA) is 66.5 Å². The number of aryl methyl sites for hydroxylation is 3. The van der Waals surface area contributed by atoms with Crippen molar-refractivity contribution in [2.75, 3.05) is 12.4 Å². The Kier molecular flexibility index (Phi) is 6.39. The molecule has 0 aliphatic rings. The Bertz CT molecular complexity index is 1130. The van der Waals surface area contributed by atoms with Crippen molar-refractivity contribution in [1.29, 1.82) is 0 Å². The second-order valence-electron chi connectivity index (χ2n) is 7.50. The molecule has 0 aromatic heterocycles. The second-order valence-corrected chi connectivity index (χ2v) is 9.54. The molecule has 3 aromatic carbocycles. The molecule has 0 saturated carbocycles. The number of nitrogens with one attached hydrogen (secondary N) is 1. The Hall–Kier alpha value is -2.96. The van der Waals surface area contributed by atoms with Crippen molar-refractivity contribution in [2.24, 2.45) is 0 Å². The molecular weight excluding hydrogens is 396 g/mol. The molecule has 0 aliphatic carbocycles. The van der Waals surface area contributed by atoms with Crippen molar-refractivity contribution < 1.29 is 13.2 Å². The van der Waals surface area contributed by atoms with E-state index in [2.05, 4.69) is 5.32 Å². The predicted octanol–water partition coefficient (Wildman–Crippen LogP) is 4.68. The van der Waals surface area contributed by atoms with Crippen LogP contribution in [0.15, 0.2) is 71.6 Å². The third-order valence-corrected chi connectivity index (χ3v) is 6.81. The van der Waals surface area contributed by atoms with Gasteiger partial charge in [-0.3, -0.25) is 4.79 Å². The lowest BCUT2D eigenvalue weighted by Crippen LogP contribution is -2.26. The van der Waals surface area contributed by atoms with Gasteiger partial charge in [-0.25, -0.2) is 8.42 Å². The highest BCUT2D eigenvalue weighted by molar-refractivity contribution is 7.89. The van der Waals surface area contributed by atoms with E-state index in [9.17, 15) is 13.2 Å². The summed E-state index contributed by atoms with van der Waals surface area (Å²) in [6, 6.07) is 19.4. The highest BCUT2D eigenvalue weighted by atomic mass is 32.2. The van der Waals surface area contributed by atoms with Gasteiger partial charge in [-0.1, -0.05) is 48.0 Å². The highest BCUT2D eigenvalue weighted by Gasteiger charge is 2.20. The highest BCUT2D eigenvalue weighted by Crippen LogP contribution is 2.23. The Morgan fingerprint density at radius 1 is 0.900 bits per heavy atom. The molecule has 0 radical (unpaired) electrons. The van der Waals surface area contributed by atoms with Gasteiger partial charge < -0.3 is 5.32 Å². The minimum Gasteiger partial charge on any atom is -0.322 e. The van der Waals surface area contributed by atoms with E-state index in [-0.39, 0.29) is 17.3 Å². The number of amides is 1.